The normalized spacial score (nSPS) is 19.1. The molecule has 6 aromatic carbocycles. The van der Waals surface area contributed by atoms with Crippen molar-refractivity contribution in [1.29, 1.82) is 0 Å². The van der Waals surface area contributed by atoms with Gasteiger partial charge in [-0.05, 0) is 255 Å². The maximum atomic E-state index is 13.3. The van der Waals surface area contributed by atoms with Crippen LogP contribution in [0.4, 0.5) is 0 Å². The van der Waals surface area contributed by atoms with Crippen molar-refractivity contribution in [3.63, 3.8) is 0 Å². The van der Waals surface area contributed by atoms with Crippen molar-refractivity contribution in [2.24, 2.45) is 5.73 Å². The average Bonchev–Trinajstić information content (AvgIpc) is 1.64. The number of Topliss-reactive ketones (excluding diaryl/α,β-unsaturated/α-hetero) is 2. The molecule has 3 aliphatic carbocycles. The van der Waals surface area contributed by atoms with E-state index in [1.807, 2.05) is 13.8 Å². The Morgan fingerprint density at radius 1 is 0.331 bits per heavy atom. The third kappa shape index (κ3) is 33.7. The van der Waals surface area contributed by atoms with E-state index in [0.29, 0.717) is 129 Å². The summed E-state index contributed by atoms with van der Waals surface area (Å²) in [7, 11) is -10.6. The van der Waals surface area contributed by atoms with Crippen LogP contribution in [-0.4, -0.2) is 263 Å². The quantitative estimate of drug-likeness (QED) is 0.0335. The van der Waals surface area contributed by atoms with Crippen molar-refractivity contribution in [3.05, 3.63) is 179 Å². The predicted molar refractivity (Wildman–Crippen MR) is 502 cm³/mol. The SMILES string of the molecule is CC.NC(CCC(=O)CCCOCCOCCOCCCS(=O)(=O)c1ccc(O[C@H]2c3ccccc3C[C@@H]2N2CCCCC2)cc1)(CCC(=O)CCCOCCOCCOCCCS(=O)(=O)c1ccc(O[C@H]2c3ccccc3C[C@@H]2N2CCCCC2)cc1)CCC(=O)NCCOCCOCCOCCCS(=O)(=O)c1ccc(O[C@H]2c3ccccc3C[C@@H]2N2CCCCC2)cc1. The van der Waals surface area contributed by atoms with Gasteiger partial charge in [0.15, 0.2) is 29.5 Å². The predicted octanol–water partition coefficient (Wildman–Crippen LogP) is 14.2. The molecule has 3 fully saturated rings. The Hall–Kier alpha value is -7.14. The summed E-state index contributed by atoms with van der Waals surface area (Å²) < 4.78 is 151. The van der Waals surface area contributed by atoms with Crippen molar-refractivity contribution in [3.8, 4) is 17.2 Å². The van der Waals surface area contributed by atoms with E-state index in [4.69, 9.17) is 62.6 Å². The highest BCUT2D eigenvalue weighted by molar-refractivity contribution is 7.92. The fraction of sp³-hybridized carbons (Fsp3) is 0.614. The van der Waals surface area contributed by atoms with Gasteiger partial charge in [0, 0.05) is 77.2 Å². The Morgan fingerprint density at radius 2 is 0.592 bits per heavy atom. The molecule has 6 aromatic rings. The monoisotopic (exact) mass is 1860 g/mol. The molecule has 130 heavy (non-hydrogen) atoms. The number of carbonyl (C=O) groups excluding carboxylic acids is 3. The highest BCUT2D eigenvalue weighted by Gasteiger charge is 2.42. The summed E-state index contributed by atoms with van der Waals surface area (Å²) in [5.74, 6) is 1.55. The first-order chi connectivity index (χ1) is 63.4. The number of carbonyl (C=O) groups is 3. The second-order valence-electron chi connectivity index (χ2n) is 34.8. The number of ketones is 2. The summed E-state index contributed by atoms with van der Waals surface area (Å²) >= 11 is 0. The minimum Gasteiger partial charge on any atom is -0.484 e. The van der Waals surface area contributed by atoms with E-state index in [2.05, 4.69) is 92.8 Å². The number of nitrogens with one attached hydrogen (secondary N) is 1. The zero-order valence-corrected chi connectivity index (χ0v) is 79.5. The zero-order chi connectivity index (χ0) is 91.5. The lowest BCUT2D eigenvalue weighted by Crippen LogP contribution is -2.43. The Bertz CT molecular complexity index is 4200. The number of piperidine rings is 3. The topological polar surface area (TPSA) is 312 Å². The zero-order valence-electron chi connectivity index (χ0n) is 77.0. The van der Waals surface area contributed by atoms with Gasteiger partial charge in [-0.3, -0.25) is 29.1 Å². The van der Waals surface area contributed by atoms with Crippen LogP contribution in [-0.2, 0) is 106 Å². The number of benzene rings is 6. The van der Waals surface area contributed by atoms with E-state index in [9.17, 15) is 39.6 Å². The van der Waals surface area contributed by atoms with E-state index in [1.54, 1.807) is 72.8 Å². The van der Waals surface area contributed by atoms with Crippen molar-refractivity contribution < 1.29 is 96.5 Å². The first-order valence-electron chi connectivity index (χ1n) is 48.1. The lowest BCUT2D eigenvalue weighted by molar-refractivity contribution is -0.121. The molecular weight excluding hydrogens is 1720 g/mol. The van der Waals surface area contributed by atoms with Gasteiger partial charge in [-0.25, -0.2) is 25.3 Å². The summed E-state index contributed by atoms with van der Waals surface area (Å²) in [6.45, 7) is 16.0. The van der Waals surface area contributed by atoms with Crippen molar-refractivity contribution in [2.75, 3.05) is 182 Å². The fourth-order valence-corrected chi connectivity index (χ4v) is 22.1. The van der Waals surface area contributed by atoms with Crippen LogP contribution in [0.3, 0.4) is 0 Å². The van der Waals surface area contributed by atoms with Crippen molar-refractivity contribution in [1.82, 2.24) is 20.0 Å². The maximum absolute atomic E-state index is 13.3. The number of fused-ring (bicyclic) bond motifs is 3. The van der Waals surface area contributed by atoms with Crippen LogP contribution in [0.15, 0.2) is 160 Å². The molecule has 0 bridgehead atoms. The molecular formula is C101H145N5O21S3. The lowest BCUT2D eigenvalue weighted by Gasteiger charge is -2.35. The van der Waals surface area contributed by atoms with Gasteiger partial charge < -0.3 is 67.9 Å². The third-order valence-electron chi connectivity index (χ3n) is 25.4. The van der Waals surface area contributed by atoms with Crippen molar-refractivity contribution in [2.45, 2.75) is 231 Å². The van der Waals surface area contributed by atoms with Gasteiger partial charge >= 0.3 is 0 Å². The Balaban J connectivity index is 0.00000811. The molecule has 718 valence electrons. The molecule has 0 spiro atoms. The van der Waals surface area contributed by atoms with Gasteiger partial charge in [0.1, 0.15) is 47.1 Å². The molecule has 12 rings (SSSR count). The molecule has 6 atom stereocenters. The van der Waals surface area contributed by atoms with E-state index in [-0.39, 0.29) is 183 Å². The van der Waals surface area contributed by atoms with Gasteiger partial charge in [0.05, 0.1) is 136 Å². The average molecular weight is 1860 g/mol. The molecule has 6 aliphatic rings. The summed E-state index contributed by atoms with van der Waals surface area (Å²) in [4.78, 5) is 48.2. The number of hydrogen-bond acceptors (Lipinski definition) is 25. The van der Waals surface area contributed by atoms with Crippen LogP contribution in [0.25, 0.3) is 0 Å². The van der Waals surface area contributed by atoms with Crippen LogP contribution >= 0.6 is 0 Å². The number of likely N-dealkylation sites (tertiary alicyclic amines) is 3. The van der Waals surface area contributed by atoms with E-state index in [0.717, 1.165) is 58.5 Å². The Labute approximate surface area is 773 Å². The van der Waals surface area contributed by atoms with Crippen LogP contribution in [0.5, 0.6) is 17.2 Å². The van der Waals surface area contributed by atoms with Gasteiger partial charge in [-0.1, -0.05) is 106 Å². The number of nitrogens with two attached hydrogens (primary N) is 1. The molecule has 3 heterocycles. The van der Waals surface area contributed by atoms with E-state index in [1.165, 1.54) is 91.2 Å². The fourth-order valence-electron chi connectivity index (χ4n) is 18.3. The molecule has 26 nitrogen and oxygen atoms in total. The van der Waals surface area contributed by atoms with E-state index >= 15 is 0 Å². The van der Waals surface area contributed by atoms with Gasteiger partial charge in [-0.2, -0.15) is 0 Å². The smallest absolute Gasteiger partial charge is 0.220 e. The highest BCUT2D eigenvalue weighted by atomic mass is 32.2. The number of hydrogen-bond donors (Lipinski definition) is 2. The Kier molecular flexibility index (Phi) is 44.2. The second kappa shape index (κ2) is 55.6. The maximum Gasteiger partial charge on any atom is 0.220 e. The number of amides is 1. The Morgan fingerprint density at radius 3 is 0.892 bits per heavy atom. The van der Waals surface area contributed by atoms with Gasteiger partial charge in [0.25, 0.3) is 0 Å². The summed E-state index contributed by atoms with van der Waals surface area (Å²) in [5.41, 5.74) is 13.6. The third-order valence-corrected chi connectivity index (χ3v) is 30.8. The molecule has 29 heteroatoms. The summed E-state index contributed by atoms with van der Waals surface area (Å²) in [6.07, 6.45) is 17.1. The van der Waals surface area contributed by atoms with Gasteiger partial charge in [-0.15, -0.1) is 0 Å². The van der Waals surface area contributed by atoms with Gasteiger partial charge in [0.2, 0.25) is 5.91 Å². The molecule has 3 saturated heterocycles. The molecule has 0 unspecified atom stereocenters. The molecule has 0 radical (unpaired) electrons. The number of nitrogens with zero attached hydrogens (tertiary/aromatic N) is 3. The molecule has 3 aliphatic heterocycles. The van der Waals surface area contributed by atoms with Crippen LogP contribution in [0.2, 0.25) is 0 Å². The van der Waals surface area contributed by atoms with Crippen LogP contribution < -0.4 is 25.3 Å². The summed E-state index contributed by atoms with van der Waals surface area (Å²) in [6, 6.07) is 46.5. The first-order valence-corrected chi connectivity index (χ1v) is 53.1. The standard InChI is InChI=1S/C99H139N5O21S3.C2H6/c100-99(44-41-81(105)24-16-54-114-60-66-120-68-62-116-56-18-72-126(108,109)86-35-29-83(30-36-86)123-96-89-26-7-4-21-78(89)75-92(96)102-48-10-1-11-49-102,45-42-82(106)25-17-55-115-61-67-121-69-63-117-57-19-73-127(110,111)87-37-31-84(32-38-87)124-97-90-27-8-5-22-79(90)76-93(97)103-50-12-2-13-51-103)46-43-95(107)101-47-59-119-65-71-122-70-64-118-58-20-74-128(112,113)88-39-33-85(34-40-88)125-98-91-28-9-6-23-80(91)77-94(98)104-52-14-3-15-53-104;1-2/h4-9,21-23,26-40,92-94,96-98H,1-3,10-20,24-25,41-77,100H2,(H,101,107);1-2H3/t92-,93-,94-,96-,97-,98-;/m0./s1. The summed E-state index contributed by atoms with van der Waals surface area (Å²) in [5, 5.41) is 2.88. The molecule has 3 N–H and O–H groups in total. The molecule has 0 aromatic heterocycles. The largest absolute Gasteiger partial charge is 0.484 e. The second-order valence-corrected chi connectivity index (χ2v) is 41.1. The van der Waals surface area contributed by atoms with Crippen molar-refractivity contribution >= 4 is 47.0 Å². The first kappa shape index (κ1) is 103. The lowest BCUT2D eigenvalue weighted by atomic mass is 9.83. The number of rotatable bonds is 62. The number of sulfone groups is 3. The molecule has 0 saturated carbocycles. The molecule has 1 amide bonds. The number of ether oxygens (including phenoxy) is 12. The highest BCUT2D eigenvalue weighted by Crippen LogP contribution is 2.43. The van der Waals surface area contributed by atoms with Crippen LogP contribution in [0, 0.1) is 0 Å². The van der Waals surface area contributed by atoms with Crippen LogP contribution in [0.1, 0.15) is 207 Å². The minimum absolute atomic E-state index is 0.00233. The van der Waals surface area contributed by atoms with E-state index < -0.39 is 35.1 Å². The minimum atomic E-state index is -3.54.